The number of rotatable bonds is 4. The summed E-state index contributed by atoms with van der Waals surface area (Å²) in [6, 6.07) is 0. The van der Waals surface area contributed by atoms with Gasteiger partial charge in [-0.25, -0.2) is 4.39 Å². The second-order valence-corrected chi connectivity index (χ2v) is 8.24. The molecule has 1 saturated heterocycles. The van der Waals surface area contributed by atoms with Crippen LogP contribution in [0, 0.1) is 0 Å². The molecule has 1 saturated carbocycles. The Balaban J connectivity index is 1.72. The molecule has 3 heterocycles. The SMILES string of the molecule is CC1(C)OB(C(F)=Cc2c(-c3cnccn3)n[nH]c2C2CCC2)OC1(C)C. The van der Waals surface area contributed by atoms with Crippen molar-refractivity contribution in [2.24, 2.45) is 0 Å². The zero-order valence-corrected chi connectivity index (χ0v) is 16.1. The number of aromatic amines is 1. The molecule has 2 aromatic rings. The van der Waals surface area contributed by atoms with Crippen LogP contribution in [0.25, 0.3) is 17.5 Å². The molecule has 0 atom stereocenters. The van der Waals surface area contributed by atoms with E-state index in [1.54, 1.807) is 18.6 Å². The standard InChI is InChI=1S/C19H24BFN4O2/c1-18(2)19(3,4)27-20(26-18)15(21)10-13-16(12-6-5-7-12)24-25-17(13)14-11-22-8-9-23-14/h8-12H,5-7H2,1-4H3,(H,24,25). The minimum Gasteiger partial charge on any atom is -0.398 e. The number of nitrogens with zero attached hydrogens (tertiary/aromatic N) is 3. The van der Waals surface area contributed by atoms with E-state index in [1.807, 2.05) is 27.7 Å². The first kappa shape index (κ1) is 18.3. The van der Waals surface area contributed by atoms with Crippen molar-refractivity contribution in [3.8, 4) is 11.4 Å². The van der Waals surface area contributed by atoms with Crippen LogP contribution >= 0.6 is 0 Å². The highest BCUT2D eigenvalue weighted by Crippen LogP contribution is 2.42. The number of nitrogens with one attached hydrogen (secondary N) is 1. The van der Waals surface area contributed by atoms with Crippen LogP contribution in [0.3, 0.4) is 0 Å². The molecule has 0 bridgehead atoms. The summed E-state index contributed by atoms with van der Waals surface area (Å²) in [7, 11) is -1.03. The molecule has 1 N–H and O–H groups in total. The molecule has 6 nitrogen and oxygen atoms in total. The van der Waals surface area contributed by atoms with E-state index >= 15 is 4.39 Å². The molecule has 8 heteroatoms. The maximum atomic E-state index is 15.2. The van der Waals surface area contributed by atoms with E-state index < -0.39 is 24.0 Å². The molecule has 142 valence electrons. The van der Waals surface area contributed by atoms with Gasteiger partial charge in [-0.1, -0.05) is 6.42 Å². The largest absolute Gasteiger partial charge is 0.525 e. The molecule has 1 aliphatic carbocycles. The Morgan fingerprint density at radius 3 is 2.48 bits per heavy atom. The van der Waals surface area contributed by atoms with E-state index in [-0.39, 0.29) is 0 Å². The van der Waals surface area contributed by atoms with Gasteiger partial charge in [0.1, 0.15) is 17.1 Å². The predicted octanol–water partition coefficient (Wildman–Crippen LogP) is 4.08. The molecule has 27 heavy (non-hydrogen) atoms. The summed E-state index contributed by atoms with van der Waals surface area (Å²) in [6.45, 7) is 7.62. The Labute approximate surface area is 158 Å². The number of hydrogen-bond donors (Lipinski definition) is 1. The minimum absolute atomic E-state index is 0.361. The summed E-state index contributed by atoms with van der Waals surface area (Å²) < 4.78 is 26.8. The van der Waals surface area contributed by atoms with Gasteiger partial charge in [-0.3, -0.25) is 15.1 Å². The quantitative estimate of drug-likeness (QED) is 0.822. The van der Waals surface area contributed by atoms with Crippen LogP contribution in [0.2, 0.25) is 0 Å². The zero-order valence-electron chi connectivity index (χ0n) is 16.1. The zero-order chi connectivity index (χ0) is 19.2. The van der Waals surface area contributed by atoms with Crippen molar-refractivity contribution in [2.45, 2.75) is 64.1 Å². The van der Waals surface area contributed by atoms with Crippen molar-refractivity contribution in [2.75, 3.05) is 0 Å². The van der Waals surface area contributed by atoms with E-state index in [4.69, 9.17) is 9.31 Å². The van der Waals surface area contributed by atoms with E-state index in [2.05, 4.69) is 20.2 Å². The molecule has 2 fully saturated rings. The van der Waals surface area contributed by atoms with Crippen molar-refractivity contribution in [1.29, 1.82) is 0 Å². The highest BCUT2D eigenvalue weighted by Gasteiger charge is 2.53. The Hall–Kier alpha value is -2.06. The smallest absolute Gasteiger partial charge is 0.398 e. The number of H-pyrrole nitrogens is 1. The second-order valence-electron chi connectivity index (χ2n) is 8.24. The van der Waals surface area contributed by atoms with Crippen molar-refractivity contribution in [1.82, 2.24) is 20.2 Å². The van der Waals surface area contributed by atoms with Gasteiger partial charge in [0.2, 0.25) is 0 Å². The minimum atomic E-state index is -1.03. The fraction of sp³-hybridized carbons (Fsp3) is 0.526. The number of halogens is 1. The summed E-state index contributed by atoms with van der Waals surface area (Å²) in [5, 5.41) is 7.50. The van der Waals surface area contributed by atoms with Crippen molar-refractivity contribution >= 4 is 13.2 Å². The second kappa shape index (κ2) is 6.53. The molecule has 0 amide bonds. The Bertz CT molecular complexity index is 846. The van der Waals surface area contributed by atoms with Crippen LogP contribution in [0.5, 0.6) is 0 Å². The van der Waals surface area contributed by atoms with Gasteiger partial charge >= 0.3 is 7.12 Å². The van der Waals surface area contributed by atoms with Crippen LogP contribution in [0.15, 0.2) is 24.3 Å². The van der Waals surface area contributed by atoms with Gasteiger partial charge in [-0.2, -0.15) is 5.10 Å². The third-order valence-corrected chi connectivity index (χ3v) is 5.91. The lowest BCUT2D eigenvalue weighted by Gasteiger charge is -2.32. The molecule has 0 unspecified atom stereocenters. The normalized spacial score (nSPS) is 22.1. The molecule has 1 aliphatic heterocycles. The maximum Gasteiger partial charge on any atom is 0.525 e. The predicted molar refractivity (Wildman–Crippen MR) is 101 cm³/mol. The van der Waals surface area contributed by atoms with Crippen LogP contribution < -0.4 is 0 Å². The third-order valence-electron chi connectivity index (χ3n) is 5.91. The van der Waals surface area contributed by atoms with Gasteiger partial charge in [0.15, 0.2) is 0 Å². The van der Waals surface area contributed by atoms with Gasteiger partial charge in [0, 0.05) is 29.6 Å². The molecule has 0 spiro atoms. The van der Waals surface area contributed by atoms with Crippen molar-refractivity contribution < 1.29 is 13.7 Å². The van der Waals surface area contributed by atoms with E-state index in [1.165, 1.54) is 12.5 Å². The average molecular weight is 370 g/mol. The highest BCUT2D eigenvalue weighted by molar-refractivity contribution is 6.54. The topological polar surface area (TPSA) is 72.9 Å². The summed E-state index contributed by atoms with van der Waals surface area (Å²) in [6.07, 6.45) is 9.62. The van der Waals surface area contributed by atoms with E-state index in [0.29, 0.717) is 22.9 Å². The van der Waals surface area contributed by atoms with Gasteiger partial charge < -0.3 is 9.31 Å². The molecule has 2 aromatic heterocycles. The third kappa shape index (κ3) is 3.21. The molecule has 0 radical (unpaired) electrons. The lowest BCUT2D eigenvalue weighted by molar-refractivity contribution is 0.00578. The molecule has 0 aromatic carbocycles. The Kier molecular flexibility index (Phi) is 4.43. The maximum absolute atomic E-state index is 15.2. The van der Waals surface area contributed by atoms with E-state index in [9.17, 15) is 0 Å². The fourth-order valence-electron chi connectivity index (χ4n) is 3.30. The van der Waals surface area contributed by atoms with Gasteiger partial charge in [0.25, 0.3) is 0 Å². The first-order valence-electron chi connectivity index (χ1n) is 9.36. The molecule has 4 rings (SSSR count). The lowest BCUT2D eigenvalue weighted by atomic mass is 9.80. The lowest BCUT2D eigenvalue weighted by Crippen LogP contribution is -2.41. The summed E-state index contributed by atoms with van der Waals surface area (Å²) in [4.78, 5) is 8.42. The van der Waals surface area contributed by atoms with Crippen LogP contribution in [-0.2, 0) is 9.31 Å². The fourth-order valence-corrected chi connectivity index (χ4v) is 3.30. The van der Waals surface area contributed by atoms with Crippen molar-refractivity contribution in [3.05, 3.63) is 35.6 Å². The van der Waals surface area contributed by atoms with E-state index in [0.717, 1.165) is 18.5 Å². The first-order chi connectivity index (χ1) is 12.8. The Morgan fingerprint density at radius 1 is 1.22 bits per heavy atom. The molecular weight excluding hydrogens is 346 g/mol. The number of hydrogen-bond acceptors (Lipinski definition) is 5. The van der Waals surface area contributed by atoms with Gasteiger partial charge in [0.05, 0.1) is 17.4 Å². The highest BCUT2D eigenvalue weighted by atomic mass is 19.1. The van der Waals surface area contributed by atoms with Crippen molar-refractivity contribution in [3.63, 3.8) is 0 Å². The van der Waals surface area contributed by atoms with Gasteiger partial charge in [-0.05, 0) is 46.6 Å². The van der Waals surface area contributed by atoms with Crippen LogP contribution in [-0.4, -0.2) is 38.5 Å². The first-order valence-corrected chi connectivity index (χ1v) is 9.36. The summed E-state index contributed by atoms with van der Waals surface area (Å²) in [5.74, 6) is 0.361. The van der Waals surface area contributed by atoms with Crippen LogP contribution in [0.1, 0.15) is 64.1 Å². The van der Waals surface area contributed by atoms with Gasteiger partial charge in [-0.15, -0.1) is 0 Å². The summed E-state index contributed by atoms with van der Waals surface area (Å²) in [5.41, 5.74) is 1.18. The average Bonchev–Trinajstić information content (AvgIpc) is 3.05. The number of aromatic nitrogens is 4. The monoisotopic (exact) mass is 370 g/mol. The van der Waals surface area contributed by atoms with Crippen LogP contribution in [0.4, 0.5) is 4.39 Å². The Morgan fingerprint density at radius 2 is 1.93 bits per heavy atom. The summed E-state index contributed by atoms with van der Waals surface area (Å²) >= 11 is 0. The molecule has 2 aliphatic rings. The molecular formula is C19H24BFN4O2.